The predicted molar refractivity (Wildman–Crippen MR) is 76.4 cm³/mol. The number of benzene rings is 1. The molecule has 1 saturated heterocycles. The fourth-order valence-electron chi connectivity index (χ4n) is 2.70. The summed E-state index contributed by atoms with van der Waals surface area (Å²) in [4.78, 5) is 12.8. The Bertz CT molecular complexity index is 581. The maximum absolute atomic E-state index is 12.8. The van der Waals surface area contributed by atoms with Crippen molar-refractivity contribution >= 4 is 27.2 Å². The van der Waals surface area contributed by atoms with Crippen LogP contribution in [0.5, 0.6) is 0 Å². The molecule has 1 fully saturated rings. The Kier molecular flexibility index (Phi) is 2.96. The number of piperidine rings is 1. The molecule has 2 heterocycles. The van der Waals surface area contributed by atoms with Crippen LogP contribution in [-0.2, 0) is 0 Å². The van der Waals surface area contributed by atoms with Gasteiger partial charge in [0.05, 0.1) is 0 Å². The highest BCUT2D eigenvalue weighted by atomic mass is 32.1. The third-order valence-electron chi connectivity index (χ3n) is 3.98. The fourth-order valence-corrected chi connectivity index (χ4v) is 3.61. The number of nitrogens with one attached hydrogen (secondary N) is 1. The molecule has 1 N–H and O–H groups in total. The molecular formula is C15H17NOS. The van der Waals surface area contributed by atoms with Gasteiger partial charge in [-0.2, -0.15) is 0 Å². The second kappa shape index (κ2) is 4.48. The van der Waals surface area contributed by atoms with Crippen LogP contribution in [0.4, 0.5) is 0 Å². The number of rotatable bonds is 2. The Labute approximate surface area is 111 Å². The predicted octanol–water partition coefficient (Wildman–Crippen LogP) is 3.47. The minimum atomic E-state index is -0.191. The summed E-state index contributed by atoms with van der Waals surface area (Å²) in [6.45, 7) is 4.01. The first-order valence-electron chi connectivity index (χ1n) is 6.42. The van der Waals surface area contributed by atoms with Crippen LogP contribution >= 0.6 is 11.3 Å². The molecule has 1 aliphatic heterocycles. The van der Waals surface area contributed by atoms with E-state index < -0.39 is 0 Å². The maximum atomic E-state index is 12.8. The molecule has 3 heteroatoms. The molecule has 0 spiro atoms. The van der Waals surface area contributed by atoms with E-state index in [0.29, 0.717) is 5.78 Å². The molecule has 18 heavy (non-hydrogen) atoms. The summed E-state index contributed by atoms with van der Waals surface area (Å²) in [5.41, 5.74) is 0.718. The van der Waals surface area contributed by atoms with Crippen LogP contribution in [0.3, 0.4) is 0 Å². The van der Waals surface area contributed by atoms with Crippen LogP contribution in [0.15, 0.2) is 29.6 Å². The van der Waals surface area contributed by atoms with Crippen LogP contribution in [0, 0.1) is 5.41 Å². The lowest BCUT2D eigenvalue weighted by Crippen LogP contribution is -2.40. The number of thiophene rings is 1. The first-order valence-corrected chi connectivity index (χ1v) is 7.30. The van der Waals surface area contributed by atoms with Gasteiger partial charge in [0.25, 0.3) is 0 Å². The highest BCUT2D eigenvalue weighted by Crippen LogP contribution is 2.35. The van der Waals surface area contributed by atoms with E-state index in [1.165, 1.54) is 5.39 Å². The van der Waals surface area contributed by atoms with E-state index in [-0.39, 0.29) is 5.41 Å². The Morgan fingerprint density at radius 2 is 2.06 bits per heavy atom. The summed E-state index contributed by atoms with van der Waals surface area (Å²) in [5.74, 6) is 0.317. The van der Waals surface area contributed by atoms with Crippen molar-refractivity contribution in [1.82, 2.24) is 5.32 Å². The molecule has 3 rings (SSSR count). The molecular weight excluding hydrogens is 242 g/mol. The molecule has 0 saturated carbocycles. The van der Waals surface area contributed by atoms with Crippen molar-refractivity contribution in [2.24, 2.45) is 5.41 Å². The highest BCUT2D eigenvalue weighted by Gasteiger charge is 2.35. The first kappa shape index (κ1) is 11.9. The lowest BCUT2D eigenvalue weighted by atomic mass is 9.75. The molecule has 0 aliphatic carbocycles. The third kappa shape index (κ3) is 1.88. The van der Waals surface area contributed by atoms with Gasteiger partial charge in [-0.15, -0.1) is 11.3 Å². The van der Waals surface area contributed by atoms with Crippen molar-refractivity contribution in [1.29, 1.82) is 0 Å². The minimum absolute atomic E-state index is 0.191. The quantitative estimate of drug-likeness (QED) is 0.837. The van der Waals surface area contributed by atoms with Crippen LogP contribution in [-0.4, -0.2) is 18.9 Å². The number of hydrogen-bond donors (Lipinski definition) is 1. The van der Waals surface area contributed by atoms with Crippen molar-refractivity contribution in [2.45, 2.75) is 19.8 Å². The molecule has 1 aromatic heterocycles. The van der Waals surface area contributed by atoms with Gasteiger partial charge in [0.1, 0.15) is 0 Å². The lowest BCUT2D eigenvalue weighted by molar-refractivity contribution is 0.0764. The zero-order chi connectivity index (χ0) is 12.6. The van der Waals surface area contributed by atoms with Crippen LogP contribution < -0.4 is 5.32 Å². The smallest absolute Gasteiger partial charge is 0.170 e. The molecule has 2 nitrogen and oxygen atoms in total. The number of hydrogen-bond acceptors (Lipinski definition) is 3. The van der Waals surface area contributed by atoms with Gasteiger partial charge in [0.15, 0.2) is 5.78 Å². The molecule has 0 unspecified atom stereocenters. The van der Waals surface area contributed by atoms with E-state index in [2.05, 4.69) is 29.8 Å². The van der Waals surface area contributed by atoms with Gasteiger partial charge in [-0.3, -0.25) is 4.79 Å². The topological polar surface area (TPSA) is 29.1 Å². The second-order valence-electron chi connectivity index (χ2n) is 5.28. The number of carbonyl (C=O) groups excluding carboxylic acids is 1. The van der Waals surface area contributed by atoms with Crippen LogP contribution in [0.25, 0.3) is 10.1 Å². The van der Waals surface area contributed by atoms with Gasteiger partial charge in [-0.05, 0) is 48.8 Å². The van der Waals surface area contributed by atoms with Gasteiger partial charge in [0.2, 0.25) is 0 Å². The first-order chi connectivity index (χ1) is 8.71. The Morgan fingerprint density at radius 3 is 2.83 bits per heavy atom. The number of carbonyl (C=O) groups is 1. The second-order valence-corrected chi connectivity index (χ2v) is 6.20. The SMILES string of the molecule is CC1(C(=O)c2cccc3ccsc23)CCNCC1. The van der Waals surface area contributed by atoms with E-state index in [4.69, 9.17) is 0 Å². The molecule has 0 amide bonds. The van der Waals surface area contributed by atoms with E-state index in [1.807, 2.05) is 12.1 Å². The van der Waals surface area contributed by atoms with E-state index in [1.54, 1.807) is 11.3 Å². The summed E-state index contributed by atoms with van der Waals surface area (Å²) in [6.07, 6.45) is 1.88. The zero-order valence-electron chi connectivity index (χ0n) is 10.5. The molecule has 0 radical (unpaired) electrons. The minimum Gasteiger partial charge on any atom is -0.317 e. The third-order valence-corrected chi connectivity index (χ3v) is 4.94. The Balaban J connectivity index is 2.03. The number of fused-ring (bicyclic) bond motifs is 1. The molecule has 1 aliphatic rings. The molecule has 94 valence electrons. The monoisotopic (exact) mass is 259 g/mol. The van der Waals surface area contributed by atoms with Crippen molar-refractivity contribution in [3.63, 3.8) is 0 Å². The van der Waals surface area contributed by atoms with E-state index in [9.17, 15) is 4.79 Å². The summed E-state index contributed by atoms with van der Waals surface area (Å²) >= 11 is 1.67. The fraction of sp³-hybridized carbons (Fsp3) is 0.400. The summed E-state index contributed by atoms with van der Waals surface area (Å²) in [5, 5.41) is 6.57. The number of Topliss-reactive ketones (excluding diaryl/α,β-unsaturated/α-hetero) is 1. The largest absolute Gasteiger partial charge is 0.317 e. The summed E-state index contributed by atoms with van der Waals surface area (Å²) in [6, 6.07) is 8.14. The summed E-state index contributed by atoms with van der Waals surface area (Å²) < 4.78 is 1.14. The standard InChI is InChI=1S/C15H17NOS/c1-15(6-8-16-9-7-15)14(17)12-4-2-3-11-5-10-18-13(11)12/h2-5,10,16H,6-9H2,1H3. The van der Waals surface area contributed by atoms with Crippen LogP contribution in [0.1, 0.15) is 30.1 Å². The van der Waals surface area contributed by atoms with Gasteiger partial charge in [-0.25, -0.2) is 0 Å². The van der Waals surface area contributed by atoms with Gasteiger partial charge in [0, 0.05) is 15.7 Å². The van der Waals surface area contributed by atoms with Crippen LogP contribution in [0.2, 0.25) is 0 Å². The maximum Gasteiger partial charge on any atom is 0.170 e. The van der Waals surface area contributed by atoms with Gasteiger partial charge >= 0.3 is 0 Å². The van der Waals surface area contributed by atoms with Gasteiger partial charge < -0.3 is 5.32 Å². The molecule has 0 atom stereocenters. The van der Waals surface area contributed by atoms with Crippen molar-refractivity contribution < 1.29 is 4.79 Å². The lowest BCUT2D eigenvalue weighted by Gasteiger charge is -2.32. The Hall–Kier alpha value is -1.19. The van der Waals surface area contributed by atoms with E-state index >= 15 is 0 Å². The average Bonchev–Trinajstić information content (AvgIpc) is 2.87. The van der Waals surface area contributed by atoms with Crippen molar-refractivity contribution in [3.8, 4) is 0 Å². The Morgan fingerprint density at radius 1 is 1.28 bits per heavy atom. The molecule has 0 bridgehead atoms. The normalized spacial score (nSPS) is 18.9. The zero-order valence-corrected chi connectivity index (χ0v) is 11.3. The highest BCUT2D eigenvalue weighted by molar-refractivity contribution is 7.17. The van der Waals surface area contributed by atoms with E-state index in [0.717, 1.165) is 36.2 Å². The average molecular weight is 259 g/mol. The number of ketones is 1. The van der Waals surface area contributed by atoms with Crippen molar-refractivity contribution in [3.05, 3.63) is 35.2 Å². The summed E-state index contributed by atoms with van der Waals surface area (Å²) in [7, 11) is 0. The molecule has 1 aromatic carbocycles. The molecule has 2 aromatic rings. The van der Waals surface area contributed by atoms with Crippen molar-refractivity contribution in [2.75, 3.05) is 13.1 Å². The van der Waals surface area contributed by atoms with Gasteiger partial charge in [-0.1, -0.05) is 19.1 Å².